The van der Waals surface area contributed by atoms with Crippen molar-refractivity contribution in [1.29, 1.82) is 0 Å². The lowest BCUT2D eigenvalue weighted by molar-refractivity contribution is -0.135. The molecule has 1 amide bonds. The van der Waals surface area contributed by atoms with E-state index in [1.165, 1.54) is 0 Å². The van der Waals surface area contributed by atoms with E-state index in [0.29, 0.717) is 32.2 Å². The molecule has 0 aromatic carbocycles. The number of nitrogens with zero attached hydrogens (tertiary/aromatic N) is 2. The van der Waals surface area contributed by atoms with Crippen LogP contribution in [0.1, 0.15) is 19.3 Å². The summed E-state index contributed by atoms with van der Waals surface area (Å²) in [5, 5.41) is 3.27. The van der Waals surface area contributed by atoms with Gasteiger partial charge in [-0.1, -0.05) is 0 Å². The number of piperidine rings is 1. The SMILES string of the molecule is CNC1CCCN(CC(=O)N(CCOC)C2CCS(=O)(=O)C2)C1. The normalized spacial score (nSPS) is 27.9. The van der Waals surface area contributed by atoms with Gasteiger partial charge in [-0.25, -0.2) is 8.42 Å². The van der Waals surface area contributed by atoms with Gasteiger partial charge in [0.1, 0.15) is 0 Å². The predicted octanol–water partition coefficient (Wildman–Crippen LogP) is -0.668. The van der Waals surface area contributed by atoms with Crippen LogP contribution in [0, 0.1) is 0 Å². The molecule has 0 aliphatic carbocycles. The third-order valence-corrected chi connectivity index (χ3v) is 6.53. The molecule has 0 spiro atoms. The second-order valence-electron chi connectivity index (χ2n) is 6.50. The van der Waals surface area contributed by atoms with E-state index in [9.17, 15) is 13.2 Å². The Balaban J connectivity index is 1.96. The van der Waals surface area contributed by atoms with Crippen LogP contribution in [-0.4, -0.2) is 94.7 Å². The van der Waals surface area contributed by atoms with Crippen LogP contribution in [0.2, 0.25) is 0 Å². The number of carbonyl (C=O) groups excluding carboxylic acids is 1. The number of likely N-dealkylation sites (tertiary alicyclic amines) is 1. The lowest BCUT2D eigenvalue weighted by Crippen LogP contribution is -2.51. The van der Waals surface area contributed by atoms with Crippen molar-refractivity contribution in [3.05, 3.63) is 0 Å². The molecule has 2 fully saturated rings. The maximum absolute atomic E-state index is 12.7. The van der Waals surface area contributed by atoms with Gasteiger partial charge in [-0.15, -0.1) is 0 Å². The fourth-order valence-corrected chi connectivity index (χ4v) is 5.17. The highest BCUT2D eigenvalue weighted by Crippen LogP contribution is 2.19. The first-order chi connectivity index (χ1) is 10.9. The molecule has 2 saturated heterocycles. The smallest absolute Gasteiger partial charge is 0.237 e. The van der Waals surface area contributed by atoms with Crippen LogP contribution in [0.25, 0.3) is 0 Å². The molecule has 2 rings (SSSR count). The summed E-state index contributed by atoms with van der Waals surface area (Å²) in [6, 6.07) is 0.225. The fourth-order valence-electron chi connectivity index (χ4n) is 3.44. The molecule has 23 heavy (non-hydrogen) atoms. The molecule has 0 bridgehead atoms. The van der Waals surface area contributed by atoms with Crippen molar-refractivity contribution in [2.75, 3.05) is 58.4 Å². The Labute approximate surface area is 139 Å². The summed E-state index contributed by atoms with van der Waals surface area (Å²) in [5.41, 5.74) is 0. The summed E-state index contributed by atoms with van der Waals surface area (Å²) in [7, 11) is 0.539. The Kier molecular flexibility index (Phi) is 6.82. The molecule has 2 aliphatic rings. The summed E-state index contributed by atoms with van der Waals surface area (Å²) >= 11 is 0. The van der Waals surface area contributed by atoms with Crippen molar-refractivity contribution in [3.63, 3.8) is 0 Å². The molecule has 2 heterocycles. The van der Waals surface area contributed by atoms with Crippen LogP contribution in [0.4, 0.5) is 0 Å². The van der Waals surface area contributed by atoms with Gasteiger partial charge in [-0.05, 0) is 32.9 Å². The first-order valence-corrected chi connectivity index (χ1v) is 10.2. The van der Waals surface area contributed by atoms with E-state index in [1.54, 1.807) is 12.0 Å². The van der Waals surface area contributed by atoms with Gasteiger partial charge in [0.25, 0.3) is 0 Å². The molecule has 8 heteroatoms. The predicted molar refractivity (Wildman–Crippen MR) is 89.2 cm³/mol. The second kappa shape index (κ2) is 8.41. The first-order valence-electron chi connectivity index (χ1n) is 8.33. The van der Waals surface area contributed by atoms with Crippen LogP contribution in [0.5, 0.6) is 0 Å². The largest absolute Gasteiger partial charge is 0.383 e. The average Bonchev–Trinajstić information content (AvgIpc) is 2.87. The van der Waals surface area contributed by atoms with Crippen molar-refractivity contribution in [2.45, 2.75) is 31.3 Å². The van der Waals surface area contributed by atoms with Gasteiger partial charge >= 0.3 is 0 Å². The zero-order valence-corrected chi connectivity index (χ0v) is 15.0. The minimum Gasteiger partial charge on any atom is -0.383 e. The van der Waals surface area contributed by atoms with Crippen LogP contribution in [0.3, 0.4) is 0 Å². The Morgan fingerprint density at radius 1 is 1.39 bits per heavy atom. The number of amides is 1. The van der Waals surface area contributed by atoms with E-state index in [1.807, 2.05) is 7.05 Å². The number of rotatable bonds is 7. The second-order valence-corrected chi connectivity index (χ2v) is 8.73. The van der Waals surface area contributed by atoms with Crippen molar-refractivity contribution in [1.82, 2.24) is 15.1 Å². The van der Waals surface area contributed by atoms with Crippen molar-refractivity contribution < 1.29 is 17.9 Å². The fraction of sp³-hybridized carbons (Fsp3) is 0.933. The van der Waals surface area contributed by atoms with Gasteiger partial charge in [-0.3, -0.25) is 9.69 Å². The number of hydrogen-bond donors (Lipinski definition) is 1. The van der Waals surface area contributed by atoms with Gasteiger partial charge in [-0.2, -0.15) is 0 Å². The van der Waals surface area contributed by atoms with Crippen LogP contribution in [-0.2, 0) is 19.4 Å². The summed E-state index contributed by atoms with van der Waals surface area (Å²) < 4.78 is 28.5. The molecule has 2 aliphatic heterocycles. The lowest BCUT2D eigenvalue weighted by atomic mass is 10.1. The summed E-state index contributed by atoms with van der Waals surface area (Å²) in [6.07, 6.45) is 2.75. The molecule has 2 atom stereocenters. The molecule has 0 radical (unpaired) electrons. The first kappa shape index (κ1) is 18.6. The van der Waals surface area contributed by atoms with E-state index in [0.717, 1.165) is 25.9 Å². The minimum absolute atomic E-state index is 0.0147. The van der Waals surface area contributed by atoms with E-state index >= 15 is 0 Å². The Bertz CT molecular complexity index is 497. The van der Waals surface area contributed by atoms with Gasteiger partial charge in [0.15, 0.2) is 9.84 Å². The molecular formula is C15H29N3O4S. The molecular weight excluding hydrogens is 318 g/mol. The molecule has 7 nitrogen and oxygen atoms in total. The number of nitrogens with one attached hydrogen (secondary N) is 1. The van der Waals surface area contributed by atoms with E-state index in [-0.39, 0.29) is 23.5 Å². The van der Waals surface area contributed by atoms with Crippen molar-refractivity contribution in [2.24, 2.45) is 0 Å². The van der Waals surface area contributed by atoms with Crippen molar-refractivity contribution >= 4 is 15.7 Å². The van der Waals surface area contributed by atoms with Gasteiger partial charge in [0, 0.05) is 32.3 Å². The molecule has 0 aromatic rings. The maximum atomic E-state index is 12.7. The maximum Gasteiger partial charge on any atom is 0.237 e. The number of ether oxygens (including phenoxy) is 1. The topological polar surface area (TPSA) is 79.0 Å². The van der Waals surface area contributed by atoms with Crippen LogP contribution < -0.4 is 5.32 Å². The molecule has 2 unspecified atom stereocenters. The van der Waals surface area contributed by atoms with E-state index < -0.39 is 9.84 Å². The summed E-state index contributed by atoms with van der Waals surface area (Å²) in [6.45, 7) is 3.03. The monoisotopic (exact) mass is 347 g/mol. The number of carbonyl (C=O) groups is 1. The van der Waals surface area contributed by atoms with Crippen molar-refractivity contribution in [3.8, 4) is 0 Å². The third-order valence-electron chi connectivity index (χ3n) is 4.78. The molecule has 1 N–H and O–H groups in total. The quantitative estimate of drug-likeness (QED) is 0.658. The number of sulfone groups is 1. The average molecular weight is 347 g/mol. The molecule has 0 saturated carbocycles. The van der Waals surface area contributed by atoms with Gasteiger partial charge < -0.3 is 15.0 Å². The zero-order chi connectivity index (χ0) is 16.9. The molecule has 0 aromatic heterocycles. The van der Waals surface area contributed by atoms with E-state index in [2.05, 4.69) is 10.2 Å². The highest BCUT2D eigenvalue weighted by Gasteiger charge is 2.35. The number of hydrogen-bond acceptors (Lipinski definition) is 6. The minimum atomic E-state index is -3.00. The Morgan fingerprint density at radius 2 is 2.17 bits per heavy atom. The van der Waals surface area contributed by atoms with Crippen LogP contribution in [0.15, 0.2) is 0 Å². The summed E-state index contributed by atoms with van der Waals surface area (Å²) in [4.78, 5) is 16.6. The highest BCUT2D eigenvalue weighted by molar-refractivity contribution is 7.91. The lowest BCUT2D eigenvalue weighted by Gasteiger charge is -2.35. The van der Waals surface area contributed by atoms with Crippen LogP contribution >= 0.6 is 0 Å². The van der Waals surface area contributed by atoms with E-state index in [4.69, 9.17) is 4.74 Å². The standard InChI is InChI=1S/C15H29N3O4S/c1-16-13-4-3-6-17(10-13)11-15(19)18(7-8-22-2)14-5-9-23(20,21)12-14/h13-14,16H,3-12H2,1-2H3. The number of likely N-dealkylation sites (N-methyl/N-ethyl adjacent to an activating group) is 1. The Morgan fingerprint density at radius 3 is 2.78 bits per heavy atom. The molecule has 134 valence electrons. The Hall–Kier alpha value is -0.700. The van der Waals surface area contributed by atoms with Gasteiger partial charge in [0.05, 0.1) is 24.7 Å². The number of methoxy groups -OCH3 is 1. The highest BCUT2D eigenvalue weighted by atomic mass is 32.2. The van der Waals surface area contributed by atoms with Gasteiger partial charge in [0.2, 0.25) is 5.91 Å². The zero-order valence-electron chi connectivity index (χ0n) is 14.2. The summed E-state index contributed by atoms with van der Waals surface area (Å²) in [5.74, 6) is 0.280. The third kappa shape index (κ3) is 5.41.